The van der Waals surface area contributed by atoms with Gasteiger partial charge in [-0.1, -0.05) is 62.3 Å². The van der Waals surface area contributed by atoms with Crippen LogP contribution in [0.5, 0.6) is 0 Å². The van der Waals surface area contributed by atoms with Gasteiger partial charge in [0.05, 0.1) is 10.8 Å². The third-order valence-electron chi connectivity index (χ3n) is 4.76. The van der Waals surface area contributed by atoms with Crippen molar-refractivity contribution in [1.82, 2.24) is 0 Å². The highest BCUT2D eigenvalue weighted by atomic mass is 16.4. The summed E-state index contributed by atoms with van der Waals surface area (Å²) in [7, 11) is 0. The van der Waals surface area contributed by atoms with E-state index in [4.69, 9.17) is 0 Å². The normalized spacial score (nSPS) is 16.1. The third kappa shape index (κ3) is 5.22. The van der Waals surface area contributed by atoms with E-state index >= 15 is 0 Å². The van der Waals surface area contributed by atoms with Crippen molar-refractivity contribution in [2.45, 2.75) is 88.0 Å². The Morgan fingerprint density at radius 1 is 0.792 bits per heavy atom. The fourth-order valence-electron chi connectivity index (χ4n) is 4.39. The van der Waals surface area contributed by atoms with Crippen LogP contribution in [0.15, 0.2) is 0 Å². The van der Waals surface area contributed by atoms with Crippen LogP contribution in [0.4, 0.5) is 0 Å². The van der Waals surface area contributed by atoms with Crippen LogP contribution in [-0.4, -0.2) is 22.2 Å². The van der Waals surface area contributed by atoms with E-state index < -0.39 is 22.8 Å². The largest absolute Gasteiger partial charge is 0.481 e. The van der Waals surface area contributed by atoms with Crippen LogP contribution in [-0.2, 0) is 9.59 Å². The summed E-state index contributed by atoms with van der Waals surface area (Å²) >= 11 is 0. The van der Waals surface area contributed by atoms with Gasteiger partial charge < -0.3 is 10.2 Å². The van der Waals surface area contributed by atoms with Gasteiger partial charge in [-0.2, -0.15) is 0 Å². The lowest BCUT2D eigenvalue weighted by Crippen LogP contribution is -2.56. The molecule has 0 heterocycles. The van der Waals surface area contributed by atoms with Gasteiger partial charge in [-0.25, -0.2) is 0 Å². The van der Waals surface area contributed by atoms with Crippen LogP contribution in [0.1, 0.15) is 88.0 Å². The molecule has 2 N–H and O–H groups in total. The summed E-state index contributed by atoms with van der Waals surface area (Å²) in [5, 5.41) is 20.5. The molecule has 0 aliphatic carbocycles. The first-order valence-corrected chi connectivity index (χ1v) is 9.00. The standard InChI is InChI=1S/C20H38O4/c1-10-19(15(21)22,11-14(2)3)20(16(23)24,12-17(4,5)6)13-18(7,8)9/h14H,10-13H2,1-9H3,(H,21,22)(H,23,24). The Morgan fingerprint density at radius 3 is 1.29 bits per heavy atom. The topological polar surface area (TPSA) is 74.6 Å². The number of carbonyl (C=O) groups is 2. The first-order chi connectivity index (χ1) is 10.5. The number of hydrogen-bond donors (Lipinski definition) is 2. The van der Waals surface area contributed by atoms with Crippen LogP contribution in [0.2, 0.25) is 0 Å². The van der Waals surface area contributed by atoms with Gasteiger partial charge in [-0.05, 0) is 42.4 Å². The summed E-state index contributed by atoms with van der Waals surface area (Å²) in [6, 6.07) is 0. The second kappa shape index (κ2) is 7.45. The molecule has 0 aromatic heterocycles. The van der Waals surface area contributed by atoms with E-state index in [9.17, 15) is 19.8 Å². The quantitative estimate of drug-likeness (QED) is 0.614. The van der Waals surface area contributed by atoms with E-state index in [2.05, 4.69) is 0 Å². The van der Waals surface area contributed by atoms with Gasteiger partial charge in [-0.15, -0.1) is 0 Å². The Kier molecular flexibility index (Phi) is 7.12. The predicted octanol–water partition coefficient (Wildman–Crippen LogP) is 5.46. The molecular formula is C20H38O4. The predicted molar refractivity (Wildman–Crippen MR) is 98.0 cm³/mol. The summed E-state index contributed by atoms with van der Waals surface area (Å²) < 4.78 is 0. The smallest absolute Gasteiger partial charge is 0.310 e. The van der Waals surface area contributed by atoms with E-state index in [0.717, 1.165) is 0 Å². The Hall–Kier alpha value is -1.06. The zero-order chi connectivity index (χ0) is 19.6. The van der Waals surface area contributed by atoms with E-state index in [-0.39, 0.29) is 16.7 Å². The Morgan fingerprint density at radius 2 is 1.12 bits per heavy atom. The lowest BCUT2D eigenvalue weighted by atomic mass is 9.50. The average molecular weight is 343 g/mol. The molecule has 0 spiro atoms. The Labute approximate surface area is 148 Å². The molecule has 4 nitrogen and oxygen atoms in total. The lowest BCUT2D eigenvalue weighted by Gasteiger charge is -2.50. The molecule has 142 valence electrons. The van der Waals surface area contributed by atoms with Gasteiger partial charge >= 0.3 is 11.9 Å². The molecule has 0 rings (SSSR count). The van der Waals surface area contributed by atoms with Crippen molar-refractivity contribution in [3.8, 4) is 0 Å². The summed E-state index contributed by atoms with van der Waals surface area (Å²) in [6.07, 6.45) is 1.38. The second-order valence-corrected chi connectivity index (χ2v) is 10.2. The molecule has 0 aliphatic heterocycles. The SMILES string of the molecule is CCC(CC(C)C)(C(=O)O)C(CC(C)(C)C)(CC(C)(C)C)C(=O)O. The number of carboxylic acids is 2. The highest BCUT2D eigenvalue weighted by Crippen LogP contribution is 2.57. The van der Waals surface area contributed by atoms with Crippen LogP contribution < -0.4 is 0 Å². The second-order valence-electron chi connectivity index (χ2n) is 10.2. The molecule has 24 heavy (non-hydrogen) atoms. The van der Waals surface area contributed by atoms with Crippen molar-refractivity contribution >= 4 is 11.9 Å². The molecule has 4 heteroatoms. The number of carboxylic acid groups (broad SMARTS) is 2. The van der Waals surface area contributed by atoms with Crippen LogP contribution in [0, 0.1) is 27.6 Å². The van der Waals surface area contributed by atoms with Crippen molar-refractivity contribution in [3.63, 3.8) is 0 Å². The summed E-state index contributed by atoms with van der Waals surface area (Å²) in [5.41, 5.74) is -3.13. The number of hydrogen-bond acceptors (Lipinski definition) is 2. The molecule has 0 aliphatic rings. The minimum absolute atomic E-state index is 0.111. The fourth-order valence-corrected chi connectivity index (χ4v) is 4.39. The highest BCUT2D eigenvalue weighted by molar-refractivity contribution is 5.87. The van der Waals surface area contributed by atoms with Crippen LogP contribution >= 0.6 is 0 Å². The van der Waals surface area contributed by atoms with Crippen molar-refractivity contribution in [3.05, 3.63) is 0 Å². The van der Waals surface area contributed by atoms with Crippen molar-refractivity contribution in [2.75, 3.05) is 0 Å². The first-order valence-electron chi connectivity index (χ1n) is 9.00. The Bertz CT molecular complexity index is 435. The highest BCUT2D eigenvalue weighted by Gasteiger charge is 2.62. The van der Waals surface area contributed by atoms with E-state index in [1.807, 2.05) is 62.3 Å². The Balaban J connectivity index is 6.68. The summed E-state index contributed by atoms with van der Waals surface area (Å²) in [4.78, 5) is 25.1. The molecule has 0 radical (unpaired) electrons. The zero-order valence-corrected chi connectivity index (χ0v) is 17.1. The van der Waals surface area contributed by atoms with E-state index in [1.165, 1.54) is 0 Å². The maximum Gasteiger partial charge on any atom is 0.310 e. The molecule has 0 saturated carbocycles. The monoisotopic (exact) mass is 342 g/mol. The minimum atomic E-state index is -1.30. The van der Waals surface area contributed by atoms with Gasteiger partial charge in [0.1, 0.15) is 0 Å². The minimum Gasteiger partial charge on any atom is -0.481 e. The lowest BCUT2D eigenvalue weighted by molar-refractivity contribution is -0.184. The number of rotatable bonds is 8. The molecule has 1 unspecified atom stereocenters. The van der Waals surface area contributed by atoms with Gasteiger partial charge in [0, 0.05) is 0 Å². The number of aliphatic carboxylic acids is 2. The van der Waals surface area contributed by atoms with Gasteiger partial charge in [-0.3, -0.25) is 9.59 Å². The average Bonchev–Trinajstić information content (AvgIpc) is 2.30. The zero-order valence-electron chi connectivity index (χ0n) is 17.1. The van der Waals surface area contributed by atoms with E-state index in [0.29, 0.717) is 25.7 Å². The summed E-state index contributed by atoms with van der Waals surface area (Å²) in [6.45, 7) is 17.7. The first kappa shape index (κ1) is 22.9. The van der Waals surface area contributed by atoms with Crippen molar-refractivity contribution < 1.29 is 19.8 Å². The van der Waals surface area contributed by atoms with Crippen LogP contribution in [0.25, 0.3) is 0 Å². The summed E-state index contributed by atoms with van der Waals surface area (Å²) in [5.74, 6) is -1.84. The third-order valence-corrected chi connectivity index (χ3v) is 4.76. The van der Waals surface area contributed by atoms with E-state index in [1.54, 1.807) is 0 Å². The maximum absolute atomic E-state index is 12.6. The molecule has 0 aromatic carbocycles. The molecule has 0 saturated heterocycles. The molecule has 0 aromatic rings. The molecular weight excluding hydrogens is 304 g/mol. The van der Waals surface area contributed by atoms with Crippen LogP contribution in [0.3, 0.4) is 0 Å². The maximum atomic E-state index is 12.6. The van der Waals surface area contributed by atoms with Gasteiger partial charge in [0.25, 0.3) is 0 Å². The van der Waals surface area contributed by atoms with Crippen molar-refractivity contribution in [2.24, 2.45) is 27.6 Å². The van der Waals surface area contributed by atoms with Gasteiger partial charge in [0.2, 0.25) is 0 Å². The fraction of sp³-hybridized carbons (Fsp3) is 0.900. The van der Waals surface area contributed by atoms with Crippen molar-refractivity contribution in [1.29, 1.82) is 0 Å². The molecule has 0 fully saturated rings. The molecule has 1 atom stereocenters. The molecule has 0 bridgehead atoms. The molecule has 0 amide bonds. The van der Waals surface area contributed by atoms with Gasteiger partial charge in [0.15, 0.2) is 0 Å².